The Morgan fingerprint density at radius 2 is 2.04 bits per heavy atom. The summed E-state index contributed by atoms with van der Waals surface area (Å²) in [6.07, 6.45) is 1.13. The molecule has 1 aromatic heterocycles. The highest BCUT2D eigenvalue weighted by Crippen LogP contribution is 2.13. The van der Waals surface area contributed by atoms with Gasteiger partial charge in [-0.25, -0.2) is 0 Å². The molecule has 0 unspecified atom stereocenters. The van der Waals surface area contributed by atoms with Crippen molar-refractivity contribution in [2.24, 2.45) is 0 Å². The van der Waals surface area contributed by atoms with Crippen LogP contribution in [0.15, 0.2) is 41.8 Å². The average molecular weight is 421 g/mol. The topological polar surface area (TPSA) is 38.2 Å². The Kier molecular flexibility index (Phi) is 8.54. The van der Waals surface area contributed by atoms with Gasteiger partial charge in [0.15, 0.2) is 5.11 Å². The number of thiophene rings is 1. The molecule has 2 aromatic rings. The quantitative estimate of drug-likeness (QED) is 0.607. The largest absolute Gasteiger partial charge is 0.497 e. The molecule has 152 valence electrons. The Morgan fingerprint density at radius 1 is 1.25 bits per heavy atom. The molecule has 0 amide bonds. The van der Waals surface area contributed by atoms with Gasteiger partial charge in [-0.15, -0.1) is 11.3 Å². The van der Waals surface area contributed by atoms with Gasteiger partial charge in [0.05, 0.1) is 33.4 Å². The molecule has 2 heterocycles. The molecular weight excluding hydrogens is 390 g/mol. The highest BCUT2D eigenvalue weighted by Gasteiger charge is 2.16. The molecule has 1 aliphatic heterocycles. The summed E-state index contributed by atoms with van der Waals surface area (Å²) in [6, 6.07) is 12.4. The molecule has 5 nitrogen and oxygen atoms in total. The number of nitrogens with zero attached hydrogens (tertiary/aromatic N) is 1. The average Bonchev–Trinajstić information content (AvgIpc) is 3.25. The zero-order valence-electron chi connectivity index (χ0n) is 16.5. The molecule has 0 radical (unpaired) electrons. The number of rotatable bonds is 9. The lowest BCUT2D eigenvalue weighted by Gasteiger charge is -2.28. The number of hydrogen-bond acceptors (Lipinski definition) is 4. The minimum Gasteiger partial charge on any atom is -0.497 e. The molecule has 1 aliphatic rings. The van der Waals surface area contributed by atoms with Crippen molar-refractivity contribution < 1.29 is 14.4 Å². The summed E-state index contributed by atoms with van der Waals surface area (Å²) in [5.41, 5.74) is 1.19. The van der Waals surface area contributed by atoms with Gasteiger partial charge >= 0.3 is 0 Å². The number of benzene rings is 1. The summed E-state index contributed by atoms with van der Waals surface area (Å²) < 4.78 is 10.7. The molecule has 2 N–H and O–H groups in total. The molecule has 28 heavy (non-hydrogen) atoms. The summed E-state index contributed by atoms with van der Waals surface area (Å²) in [7, 11) is 1.68. The highest BCUT2D eigenvalue weighted by molar-refractivity contribution is 7.80. The van der Waals surface area contributed by atoms with Gasteiger partial charge in [0.2, 0.25) is 0 Å². The van der Waals surface area contributed by atoms with E-state index >= 15 is 0 Å². The normalized spacial score (nSPS) is 14.6. The van der Waals surface area contributed by atoms with Crippen LogP contribution < -0.4 is 15.0 Å². The van der Waals surface area contributed by atoms with Crippen molar-refractivity contribution in [3.05, 3.63) is 52.2 Å². The fourth-order valence-corrected chi connectivity index (χ4v) is 4.25. The van der Waals surface area contributed by atoms with E-state index in [1.54, 1.807) is 23.3 Å². The molecule has 7 heteroatoms. The molecule has 0 saturated carbocycles. The number of thiocarbonyl (C=S) groups is 1. The van der Waals surface area contributed by atoms with E-state index in [2.05, 4.69) is 39.9 Å². The number of quaternary nitrogens is 1. The van der Waals surface area contributed by atoms with Gasteiger partial charge in [0, 0.05) is 24.4 Å². The van der Waals surface area contributed by atoms with Crippen LogP contribution in [-0.4, -0.2) is 56.5 Å². The van der Waals surface area contributed by atoms with Gasteiger partial charge < -0.3 is 24.6 Å². The number of ether oxygens (including phenoxy) is 2. The van der Waals surface area contributed by atoms with Crippen LogP contribution in [0.25, 0.3) is 0 Å². The number of methoxy groups -OCH3 is 1. The lowest BCUT2D eigenvalue weighted by atomic mass is 10.2. The van der Waals surface area contributed by atoms with Crippen LogP contribution in [0, 0.1) is 0 Å². The Hall–Kier alpha value is -1.67. The van der Waals surface area contributed by atoms with E-state index in [9.17, 15) is 0 Å². The molecule has 1 fully saturated rings. The fourth-order valence-electron chi connectivity index (χ4n) is 3.31. The fraction of sp³-hybridized carbons (Fsp3) is 0.476. The van der Waals surface area contributed by atoms with Crippen LogP contribution in [0.5, 0.6) is 5.75 Å². The van der Waals surface area contributed by atoms with E-state index < -0.39 is 0 Å². The molecular formula is C21H30N3O2S2+. The maximum atomic E-state index is 5.73. The molecule has 0 bridgehead atoms. The first-order chi connectivity index (χ1) is 13.7. The van der Waals surface area contributed by atoms with E-state index in [1.165, 1.54) is 17.0 Å². The second kappa shape index (κ2) is 11.4. The van der Waals surface area contributed by atoms with Crippen molar-refractivity contribution in [3.63, 3.8) is 0 Å². The van der Waals surface area contributed by atoms with Gasteiger partial charge in [-0.2, -0.15) is 0 Å². The van der Waals surface area contributed by atoms with Gasteiger partial charge in [0.25, 0.3) is 0 Å². The van der Waals surface area contributed by atoms with Crippen molar-refractivity contribution in [1.82, 2.24) is 10.2 Å². The third-order valence-corrected chi connectivity index (χ3v) is 6.24. The molecule has 0 atom stereocenters. The standard InChI is InChI=1S/C21H29N3O2S2/c1-25-19-7-5-18(6-8-19)16-22-21(27)24(17-20-4-2-15-28-20)10-3-9-23-11-13-26-14-12-23/h2,4-8,15H,3,9-14,16-17H2,1H3,(H,22,27)/p+1. The van der Waals surface area contributed by atoms with Crippen molar-refractivity contribution in [2.75, 3.05) is 46.5 Å². The number of nitrogens with one attached hydrogen (secondary N) is 2. The Labute approximate surface area is 177 Å². The lowest BCUT2D eigenvalue weighted by molar-refractivity contribution is -0.908. The van der Waals surface area contributed by atoms with E-state index in [4.69, 9.17) is 21.7 Å². The maximum absolute atomic E-state index is 5.73. The monoisotopic (exact) mass is 420 g/mol. The minimum absolute atomic E-state index is 0.721. The predicted molar refractivity (Wildman–Crippen MR) is 118 cm³/mol. The first-order valence-electron chi connectivity index (χ1n) is 9.84. The zero-order chi connectivity index (χ0) is 19.6. The summed E-state index contributed by atoms with van der Waals surface area (Å²) in [5.74, 6) is 0.872. The summed E-state index contributed by atoms with van der Waals surface area (Å²) in [5, 5.41) is 6.38. The maximum Gasteiger partial charge on any atom is 0.169 e. The van der Waals surface area contributed by atoms with Gasteiger partial charge in [-0.05, 0) is 41.4 Å². The molecule has 0 aliphatic carbocycles. The zero-order valence-corrected chi connectivity index (χ0v) is 18.1. The third-order valence-electron chi connectivity index (χ3n) is 4.98. The Morgan fingerprint density at radius 3 is 2.71 bits per heavy atom. The first kappa shape index (κ1) is 21.0. The van der Waals surface area contributed by atoms with E-state index in [0.717, 1.165) is 63.2 Å². The first-order valence-corrected chi connectivity index (χ1v) is 11.1. The summed E-state index contributed by atoms with van der Waals surface area (Å²) >= 11 is 7.52. The lowest BCUT2D eigenvalue weighted by Crippen LogP contribution is -3.14. The van der Waals surface area contributed by atoms with Crippen LogP contribution in [0.3, 0.4) is 0 Å². The Balaban J connectivity index is 1.51. The number of hydrogen-bond donors (Lipinski definition) is 2. The molecule has 1 aromatic carbocycles. The van der Waals surface area contributed by atoms with Crippen LogP contribution in [-0.2, 0) is 17.8 Å². The van der Waals surface area contributed by atoms with Crippen molar-refractivity contribution in [1.29, 1.82) is 0 Å². The number of morpholine rings is 1. The van der Waals surface area contributed by atoms with Crippen LogP contribution in [0.2, 0.25) is 0 Å². The highest BCUT2D eigenvalue weighted by atomic mass is 32.1. The second-order valence-corrected chi connectivity index (χ2v) is 8.39. The van der Waals surface area contributed by atoms with E-state index in [0.29, 0.717) is 0 Å². The molecule has 1 saturated heterocycles. The van der Waals surface area contributed by atoms with Gasteiger partial charge in [-0.1, -0.05) is 18.2 Å². The van der Waals surface area contributed by atoms with Crippen molar-refractivity contribution in [3.8, 4) is 5.75 Å². The van der Waals surface area contributed by atoms with Gasteiger partial charge in [0.1, 0.15) is 18.8 Å². The molecule has 3 rings (SSSR count). The predicted octanol–water partition coefficient (Wildman–Crippen LogP) is 1.94. The minimum atomic E-state index is 0.721. The second-order valence-electron chi connectivity index (χ2n) is 6.97. The third kappa shape index (κ3) is 6.74. The van der Waals surface area contributed by atoms with Crippen LogP contribution in [0.4, 0.5) is 0 Å². The van der Waals surface area contributed by atoms with Gasteiger partial charge in [-0.3, -0.25) is 0 Å². The van der Waals surface area contributed by atoms with Crippen molar-refractivity contribution >= 4 is 28.7 Å². The SMILES string of the molecule is COc1ccc(CNC(=S)N(CCC[NH+]2CCOCC2)Cc2cccs2)cc1. The van der Waals surface area contributed by atoms with Crippen LogP contribution >= 0.6 is 23.6 Å². The Bertz CT molecular complexity index is 701. The summed E-state index contributed by atoms with van der Waals surface area (Å²) in [6.45, 7) is 7.73. The van der Waals surface area contributed by atoms with Crippen LogP contribution in [0.1, 0.15) is 16.9 Å². The van der Waals surface area contributed by atoms with Crippen molar-refractivity contribution in [2.45, 2.75) is 19.5 Å². The summed E-state index contributed by atoms with van der Waals surface area (Å²) in [4.78, 5) is 5.27. The van der Waals surface area contributed by atoms with E-state index in [1.807, 2.05) is 12.1 Å². The smallest absolute Gasteiger partial charge is 0.169 e. The molecule has 0 spiro atoms. The van der Waals surface area contributed by atoms with E-state index in [-0.39, 0.29) is 0 Å².